The summed E-state index contributed by atoms with van der Waals surface area (Å²) in [6.45, 7) is 5.20. The second-order valence-corrected chi connectivity index (χ2v) is 8.99. The number of alkyl carbamates (subject to hydrolysis) is 1. The van der Waals surface area contributed by atoms with Crippen LogP contribution in [0.2, 0.25) is 5.02 Å². The third-order valence-electron chi connectivity index (χ3n) is 4.11. The Morgan fingerprint density at radius 1 is 1.16 bits per heavy atom. The van der Waals surface area contributed by atoms with Crippen LogP contribution in [0.15, 0.2) is 47.4 Å². The molecule has 2 aromatic rings. The summed E-state index contributed by atoms with van der Waals surface area (Å²) in [4.78, 5) is 24.2. The Kier molecular flexibility index (Phi) is 8.12. The van der Waals surface area contributed by atoms with E-state index in [9.17, 15) is 23.1 Å². The molecule has 0 radical (unpaired) electrons. The van der Waals surface area contributed by atoms with Gasteiger partial charge in [-0.1, -0.05) is 31.5 Å². The van der Waals surface area contributed by atoms with Crippen LogP contribution in [0.3, 0.4) is 0 Å². The maximum absolute atomic E-state index is 12.7. The molecule has 0 spiro atoms. The molecule has 0 aliphatic heterocycles. The van der Waals surface area contributed by atoms with Gasteiger partial charge in [0.1, 0.15) is 11.8 Å². The minimum absolute atomic E-state index is 0.129. The summed E-state index contributed by atoms with van der Waals surface area (Å²) in [6.07, 6.45) is -0.761. The molecular weight excluding hydrogens is 446 g/mol. The lowest BCUT2D eigenvalue weighted by Gasteiger charge is -2.21. The summed E-state index contributed by atoms with van der Waals surface area (Å²) in [5.74, 6) is -1.28. The Morgan fingerprint density at radius 2 is 1.87 bits per heavy atom. The average Bonchev–Trinajstić information content (AvgIpc) is 2.67. The number of carbonyl (C=O) groups is 2. The van der Waals surface area contributed by atoms with Crippen molar-refractivity contribution in [1.29, 1.82) is 0 Å². The largest absolute Gasteiger partial charge is 0.506 e. The van der Waals surface area contributed by atoms with E-state index in [1.54, 1.807) is 32.9 Å². The van der Waals surface area contributed by atoms with Crippen molar-refractivity contribution >= 4 is 45.0 Å². The van der Waals surface area contributed by atoms with Crippen molar-refractivity contribution in [3.8, 4) is 5.75 Å². The topological polar surface area (TPSA) is 134 Å². The zero-order valence-corrected chi connectivity index (χ0v) is 18.8. The van der Waals surface area contributed by atoms with Gasteiger partial charge in [-0.3, -0.25) is 9.52 Å². The molecule has 2 rings (SSSR count). The first kappa shape index (κ1) is 24.3. The summed E-state index contributed by atoms with van der Waals surface area (Å²) < 4.78 is 32.6. The SMILES string of the molecule is CCOC(=O)NC(C(=O)Nc1cc(S(=O)(=O)Nc2cccc(Cl)c2)ccc1O)C(C)C. The van der Waals surface area contributed by atoms with Gasteiger partial charge in [-0.25, -0.2) is 13.2 Å². The number of benzene rings is 2. The molecule has 1 unspecified atom stereocenters. The highest BCUT2D eigenvalue weighted by Gasteiger charge is 2.26. The van der Waals surface area contributed by atoms with Crippen LogP contribution in [0.1, 0.15) is 20.8 Å². The molecule has 168 valence electrons. The number of halogens is 1. The highest BCUT2D eigenvalue weighted by molar-refractivity contribution is 7.92. The first-order valence-electron chi connectivity index (χ1n) is 9.39. The van der Waals surface area contributed by atoms with E-state index < -0.39 is 28.1 Å². The van der Waals surface area contributed by atoms with Gasteiger partial charge < -0.3 is 20.5 Å². The molecule has 4 N–H and O–H groups in total. The molecule has 0 aliphatic carbocycles. The predicted molar refractivity (Wildman–Crippen MR) is 118 cm³/mol. The summed E-state index contributed by atoms with van der Waals surface area (Å²) in [7, 11) is -4.03. The van der Waals surface area contributed by atoms with E-state index in [1.165, 1.54) is 18.2 Å². The van der Waals surface area contributed by atoms with Crippen LogP contribution in [-0.4, -0.2) is 38.2 Å². The fraction of sp³-hybridized carbons (Fsp3) is 0.300. The van der Waals surface area contributed by atoms with E-state index in [1.807, 2.05) is 0 Å². The van der Waals surface area contributed by atoms with Crippen LogP contribution >= 0.6 is 11.6 Å². The monoisotopic (exact) mass is 469 g/mol. The highest BCUT2D eigenvalue weighted by Crippen LogP contribution is 2.28. The van der Waals surface area contributed by atoms with Crippen molar-refractivity contribution in [3.63, 3.8) is 0 Å². The lowest BCUT2D eigenvalue weighted by atomic mass is 10.0. The first-order valence-corrected chi connectivity index (χ1v) is 11.2. The van der Waals surface area contributed by atoms with Gasteiger partial charge in [0.15, 0.2) is 0 Å². The molecular formula is C20H24ClN3O6S. The van der Waals surface area contributed by atoms with E-state index in [-0.39, 0.29) is 34.5 Å². The Morgan fingerprint density at radius 3 is 2.48 bits per heavy atom. The van der Waals surface area contributed by atoms with Crippen molar-refractivity contribution in [1.82, 2.24) is 5.32 Å². The van der Waals surface area contributed by atoms with Crippen LogP contribution in [0.4, 0.5) is 16.2 Å². The van der Waals surface area contributed by atoms with Crippen LogP contribution < -0.4 is 15.4 Å². The molecule has 31 heavy (non-hydrogen) atoms. The van der Waals surface area contributed by atoms with E-state index in [0.717, 1.165) is 12.1 Å². The fourth-order valence-corrected chi connectivity index (χ4v) is 3.86. The Balaban J connectivity index is 2.25. The minimum atomic E-state index is -4.03. The third kappa shape index (κ3) is 6.76. The summed E-state index contributed by atoms with van der Waals surface area (Å²) >= 11 is 5.88. The number of hydrogen-bond acceptors (Lipinski definition) is 6. The number of anilines is 2. The first-order chi connectivity index (χ1) is 14.5. The maximum atomic E-state index is 12.7. The molecule has 1 atom stereocenters. The van der Waals surface area contributed by atoms with Crippen LogP contribution in [0.25, 0.3) is 0 Å². The number of ether oxygens (including phenoxy) is 1. The molecule has 2 aromatic carbocycles. The number of phenols is 1. The van der Waals surface area contributed by atoms with E-state index in [0.29, 0.717) is 5.02 Å². The van der Waals surface area contributed by atoms with Gasteiger partial charge in [-0.15, -0.1) is 0 Å². The molecule has 9 nitrogen and oxygen atoms in total. The number of hydrogen-bond donors (Lipinski definition) is 4. The zero-order chi connectivity index (χ0) is 23.2. The number of carbonyl (C=O) groups excluding carboxylic acids is 2. The van der Waals surface area contributed by atoms with Gasteiger partial charge in [0.05, 0.1) is 22.9 Å². The van der Waals surface area contributed by atoms with E-state index in [4.69, 9.17) is 16.3 Å². The van der Waals surface area contributed by atoms with Gasteiger partial charge >= 0.3 is 6.09 Å². The van der Waals surface area contributed by atoms with Gasteiger partial charge in [0.2, 0.25) is 5.91 Å². The van der Waals surface area contributed by atoms with Crippen molar-refractivity contribution in [2.45, 2.75) is 31.7 Å². The summed E-state index contributed by atoms with van der Waals surface area (Å²) in [5.41, 5.74) is 0.125. The van der Waals surface area contributed by atoms with Gasteiger partial charge in [0, 0.05) is 5.02 Å². The smallest absolute Gasteiger partial charge is 0.407 e. The minimum Gasteiger partial charge on any atom is -0.506 e. The Labute approximate surface area is 185 Å². The molecule has 0 saturated heterocycles. The summed E-state index contributed by atoms with van der Waals surface area (Å²) in [5, 5.41) is 15.4. The number of aromatic hydroxyl groups is 1. The van der Waals surface area contributed by atoms with Crippen LogP contribution in [-0.2, 0) is 19.6 Å². The normalized spacial score (nSPS) is 12.2. The predicted octanol–water partition coefficient (Wildman–Crippen LogP) is 3.56. The number of amides is 2. The maximum Gasteiger partial charge on any atom is 0.407 e. The quantitative estimate of drug-likeness (QED) is 0.437. The second kappa shape index (κ2) is 10.4. The molecule has 0 aliphatic rings. The average molecular weight is 470 g/mol. The van der Waals surface area contributed by atoms with Crippen molar-refractivity contribution in [2.75, 3.05) is 16.6 Å². The number of rotatable bonds is 8. The number of nitrogens with one attached hydrogen (secondary N) is 3. The zero-order valence-electron chi connectivity index (χ0n) is 17.2. The van der Waals surface area contributed by atoms with Crippen LogP contribution in [0, 0.1) is 5.92 Å². The van der Waals surface area contributed by atoms with Crippen molar-refractivity contribution < 1.29 is 27.9 Å². The molecule has 0 saturated carbocycles. The van der Waals surface area contributed by atoms with E-state index >= 15 is 0 Å². The second-order valence-electron chi connectivity index (χ2n) is 6.87. The lowest BCUT2D eigenvalue weighted by Crippen LogP contribution is -2.47. The molecule has 0 fully saturated rings. The highest BCUT2D eigenvalue weighted by atomic mass is 35.5. The van der Waals surface area contributed by atoms with Crippen molar-refractivity contribution in [3.05, 3.63) is 47.5 Å². The Bertz CT molecular complexity index is 1060. The van der Waals surface area contributed by atoms with Crippen molar-refractivity contribution in [2.24, 2.45) is 5.92 Å². The van der Waals surface area contributed by atoms with Gasteiger partial charge in [-0.05, 0) is 49.2 Å². The number of sulfonamides is 1. The molecule has 0 bridgehead atoms. The van der Waals surface area contributed by atoms with Gasteiger partial charge in [0.25, 0.3) is 10.0 Å². The Hall–Kier alpha value is -2.98. The number of phenolic OH excluding ortho intramolecular Hbond substituents is 1. The van der Waals surface area contributed by atoms with Crippen LogP contribution in [0.5, 0.6) is 5.75 Å². The third-order valence-corrected chi connectivity index (χ3v) is 5.73. The summed E-state index contributed by atoms with van der Waals surface area (Å²) in [6, 6.07) is 8.64. The molecule has 11 heteroatoms. The molecule has 0 heterocycles. The van der Waals surface area contributed by atoms with E-state index in [2.05, 4.69) is 15.4 Å². The standard InChI is InChI=1S/C20H24ClN3O6S/c1-4-30-20(27)23-18(12(2)3)19(26)22-16-11-15(8-9-17(16)25)31(28,29)24-14-7-5-6-13(21)10-14/h5-12,18,24-25H,4H2,1-3H3,(H,22,26)(H,23,27). The molecule has 2 amide bonds. The molecule has 0 aromatic heterocycles. The van der Waals surface area contributed by atoms with Gasteiger partial charge in [-0.2, -0.15) is 0 Å². The fourth-order valence-electron chi connectivity index (χ4n) is 2.59. The lowest BCUT2D eigenvalue weighted by molar-refractivity contribution is -0.119.